The molecule has 33 heavy (non-hydrogen) atoms. The largest absolute Gasteiger partial charge is 0.379 e. The van der Waals surface area contributed by atoms with Gasteiger partial charge in [-0.3, -0.25) is 9.69 Å². The number of nitrogens with zero attached hydrogens (tertiary/aromatic N) is 2. The van der Waals surface area contributed by atoms with Crippen molar-refractivity contribution in [2.75, 3.05) is 44.7 Å². The zero-order valence-electron chi connectivity index (χ0n) is 19.5. The molecule has 2 aromatic rings. The highest BCUT2D eigenvalue weighted by molar-refractivity contribution is 14.0. The Balaban J connectivity index is 0.00000385. The van der Waals surface area contributed by atoms with Gasteiger partial charge in [0, 0.05) is 38.3 Å². The van der Waals surface area contributed by atoms with E-state index in [0.717, 1.165) is 56.6 Å². The predicted molar refractivity (Wildman–Crippen MR) is 145 cm³/mol. The van der Waals surface area contributed by atoms with Gasteiger partial charge in [-0.15, -0.1) is 24.0 Å². The number of hydrogen-bond donors (Lipinski definition) is 3. The van der Waals surface area contributed by atoms with Gasteiger partial charge in [0.25, 0.3) is 0 Å². The highest BCUT2D eigenvalue weighted by atomic mass is 127. The smallest absolute Gasteiger partial charge is 0.225 e. The van der Waals surface area contributed by atoms with Crippen LogP contribution in [0.25, 0.3) is 0 Å². The van der Waals surface area contributed by atoms with Gasteiger partial charge >= 0.3 is 0 Å². The fraction of sp³-hybridized carbons (Fsp3) is 0.440. The summed E-state index contributed by atoms with van der Waals surface area (Å²) in [6.45, 7) is 9.53. The average Bonchev–Trinajstić information content (AvgIpc) is 2.83. The molecule has 0 aliphatic carbocycles. The van der Waals surface area contributed by atoms with Crippen LogP contribution in [0.2, 0.25) is 0 Å². The topological polar surface area (TPSA) is 78.0 Å². The van der Waals surface area contributed by atoms with Crippen LogP contribution in [0.5, 0.6) is 0 Å². The Bertz CT molecular complexity index is 872. The van der Waals surface area contributed by atoms with E-state index in [0.29, 0.717) is 13.0 Å². The van der Waals surface area contributed by atoms with Crippen molar-refractivity contribution in [3.63, 3.8) is 0 Å². The molecular formula is C25H36IN5O2. The fourth-order valence-electron chi connectivity index (χ4n) is 3.58. The first-order valence-corrected chi connectivity index (χ1v) is 11.4. The fourth-order valence-corrected chi connectivity index (χ4v) is 3.58. The van der Waals surface area contributed by atoms with E-state index in [4.69, 9.17) is 9.73 Å². The zero-order chi connectivity index (χ0) is 22.6. The lowest BCUT2D eigenvalue weighted by atomic mass is 10.1. The quantitative estimate of drug-likeness (QED) is 0.245. The van der Waals surface area contributed by atoms with Gasteiger partial charge in [0.15, 0.2) is 5.96 Å². The van der Waals surface area contributed by atoms with E-state index in [2.05, 4.69) is 46.8 Å². The predicted octanol–water partition coefficient (Wildman–Crippen LogP) is 3.78. The van der Waals surface area contributed by atoms with Crippen LogP contribution in [-0.4, -0.2) is 56.2 Å². The lowest BCUT2D eigenvalue weighted by molar-refractivity contribution is -0.116. The maximum absolute atomic E-state index is 12.4. The van der Waals surface area contributed by atoms with Gasteiger partial charge in [0.05, 0.1) is 25.8 Å². The number of carbonyl (C=O) groups excluding carboxylic acids is 1. The molecular weight excluding hydrogens is 529 g/mol. The number of amides is 1. The molecule has 0 spiro atoms. The summed E-state index contributed by atoms with van der Waals surface area (Å²) in [6, 6.07) is 18.3. The second-order valence-electron chi connectivity index (χ2n) is 7.92. The Morgan fingerprint density at radius 3 is 2.61 bits per heavy atom. The molecule has 1 aliphatic heterocycles. The highest BCUT2D eigenvalue weighted by Crippen LogP contribution is 2.13. The first kappa shape index (κ1) is 27.1. The number of rotatable bonds is 9. The number of carbonyl (C=O) groups is 1. The molecule has 1 fully saturated rings. The number of morpholine rings is 1. The number of ether oxygens (including phenoxy) is 1. The Hall–Kier alpha value is -2.17. The summed E-state index contributed by atoms with van der Waals surface area (Å²) in [4.78, 5) is 19.4. The minimum absolute atomic E-state index is 0. The Kier molecular flexibility index (Phi) is 12.2. The Labute approximate surface area is 214 Å². The van der Waals surface area contributed by atoms with E-state index in [1.807, 2.05) is 42.5 Å². The summed E-state index contributed by atoms with van der Waals surface area (Å²) < 4.78 is 5.35. The number of guanidine groups is 1. The average molecular weight is 566 g/mol. The lowest BCUT2D eigenvalue weighted by Gasteiger charge is -2.26. The molecule has 7 nitrogen and oxygen atoms in total. The molecule has 1 amide bonds. The van der Waals surface area contributed by atoms with E-state index < -0.39 is 0 Å². The van der Waals surface area contributed by atoms with E-state index in [1.54, 1.807) is 0 Å². The summed E-state index contributed by atoms with van der Waals surface area (Å²) in [5, 5.41) is 9.77. The van der Waals surface area contributed by atoms with Crippen molar-refractivity contribution in [3.05, 3.63) is 65.7 Å². The van der Waals surface area contributed by atoms with E-state index in [9.17, 15) is 4.79 Å². The molecule has 1 unspecified atom stereocenters. The molecule has 1 heterocycles. The first-order valence-electron chi connectivity index (χ1n) is 11.4. The molecule has 1 saturated heterocycles. The van der Waals surface area contributed by atoms with Crippen LogP contribution in [0.4, 0.5) is 5.69 Å². The zero-order valence-corrected chi connectivity index (χ0v) is 21.9. The SMILES string of the molecule is CCNC(=NCc1cccc(NC(=O)CCN2CCOCC2)c1)NC(C)c1ccccc1.I. The van der Waals surface area contributed by atoms with Crippen LogP contribution in [0.1, 0.15) is 37.4 Å². The van der Waals surface area contributed by atoms with Gasteiger partial charge in [-0.05, 0) is 37.1 Å². The summed E-state index contributed by atoms with van der Waals surface area (Å²) in [7, 11) is 0. The van der Waals surface area contributed by atoms with Crippen molar-refractivity contribution in [2.45, 2.75) is 32.9 Å². The third-order valence-electron chi connectivity index (χ3n) is 5.39. The lowest BCUT2D eigenvalue weighted by Crippen LogP contribution is -2.38. The molecule has 0 radical (unpaired) electrons. The van der Waals surface area contributed by atoms with Crippen LogP contribution in [0.3, 0.4) is 0 Å². The van der Waals surface area contributed by atoms with Gasteiger partial charge in [-0.1, -0.05) is 42.5 Å². The number of nitrogens with one attached hydrogen (secondary N) is 3. The third kappa shape index (κ3) is 9.69. The highest BCUT2D eigenvalue weighted by Gasteiger charge is 2.12. The van der Waals surface area contributed by atoms with E-state index in [-0.39, 0.29) is 35.9 Å². The minimum Gasteiger partial charge on any atom is -0.379 e. The number of halogens is 1. The van der Waals surface area contributed by atoms with Crippen LogP contribution < -0.4 is 16.0 Å². The molecule has 0 saturated carbocycles. The van der Waals surface area contributed by atoms with Crippen LogP contribution in [0, 0.1) is 0 Å². The van der Waals surface area contributed by atoms with E-state index >= 15 is 0 Å². The van der Waals surface area contributed by atoms with Crippen molar-refractivity contribution in [1.29, 1.82) is 0 Å². The maximum Gasteiger partial charge on any atom is 0.225 e. The third-order valence-corrected chi connectivity index (χ3v) is 5.39. The van der Waals surface area contributed by atoms with Gasteiger partial charge in [-0.2, -0.15) is 0 Å². The summed E-state index contributed by atoms with van der Waals surface area (Å²) in [5.41, 5.74) is 3.06. The molecule has 2 aromatic carbocycles. The second kappa shape index (κ2) is 14.9. The van der Waals surface area contributed by atoms with Crippen molar-refractivity contribution < 1.29 is 9.53 Å². The molecule has 0 bridgehead atoms. The monoisotopic (exact) mass is 565 g/mol. The molecule has 3 N–H and O–H groups in total. The summed E-state index contributed by atoms with van der Waals surface area (Å²) >= 11 is 0. The summed E-state index contributed by atoms with van der Waals surface area (Å²) in [6.07, 6.45) is 0.480. The molecule has 0 aromatic heterocycles. The standard InChI is InChI=1S/C25H35N5O2.HI/c1-3-26-25(28-20(2)22-9-5-4-6-10-22)27-19-21-8-7-11-23(18-21)29-24(31)12-13-30-14-16-32-17-15-30;/h4-11,18,20H,3,12-17,19H2,1-2H3,(H,29,31)(H2,26,27,28);1H. The molecule has 8 heteroatoms. The normalized spacial score (nSPS) is 15.3. The molecule has 3 rings (SSSR count). The number of hydrogen-bond acceptors (Lipinski definition) is 4. The number of benzene rings is 2. The van der Waals surface area contributed by atoms with Crippen molar-refractivity contribution in [2.24, 2.45) is 4.99 Å². The van der Waals surface area contributed by atoms with Crippen molar-refractivity contribution in [3.8, 4) is 0 Å². The number of aliphatic imine (C=N–C) groups is 1. The van der Waals surface area contributed by atoms with Gasteiger partial charge in [-0.25, -0.2) is 4.99 Å². The van der Waals surface area contributed by atoms with Crippen molar-refractivity contribution in [1.82, 2.24) is 15.5 Å². The first-order chi connectivity index (χ1) is 15.6. The second-order valence-corrected chi connectivity index (χ2v) is 7.92. The van der Waals surface area contributed by atoms with Crippen LogP contribution in [0.15, 0.2) is 59.6 Å². The molecule has 180 valence electrons. The molecule has 1 atom stereocenters. The number of anilines is 1. The Morgan fingerprint density at radius 1 is 1.12 bits per heavy atom. The Morgan fingerprint density at radius 2 is 1.88 bits per heavy atom. The minimum atomic E-state index is 0. The van der Waals surface area contributed by atoms with Gasteiger partial charge in [0.1, 0.15) is 0 Å². The van der Waals surface area contributed by atoms with Gasteiger partial charge < -0.3 is 20.7 Å². The van der Waals surface area contributed by atoms with Gasteiger partial charge in [0.2, 0.25) is 5.91 Å². The van der Waals surface area contributed by atoms with Crippen LogP contribution >= 0.6 is 24.0 Å². The molecule has 1 aliphatic rings. The van der Waals surface area contributed by atoms with Crippen LogP contribution in [-0.2, 0) is 16.1 Å². The van der Waals surface area contributed by atoms with Crippen molar-refractivity contribution >= 4 is 41.5 Å². The summed E-state index contributed by atoms with van der Waals surface area (Å²) in [5.74, 6) is 0.799. The maximum atomic E-state index is 12.4. The van der Waals surface area contributed by atoms with E-state index in [1.165, 1.54) is 5.56 Å².